The van der Waals surface area contributed by atoms with Crippen LogP contribution in [0.1, 0.15) is 36.6 Å². The van der Waals surface area contributed by atoms with Crippen molar-refractivity contribution in [3.05, 3.63) is 78.8 Å². The lowest BCUT2D eigenvalue weighted by molar-refractivity contribution is -0.00809. The van der Waals surface area contributed by atoms with Crippen molar-refractivity contribution < 1.29 is 14.2 Å². The highest BCUT2D eigenvalue weighted by atomic mass is 32.1. The molecule has 3 atom stereocenters. The molecule has 0 amide bonds. The van der Waals surface area contributed by atoms with E-state index >= 15 is 0 Å². The maximum Gasteiger partial charge on any atom is 0.341 e. The molecule has 3 unspecified atom stereocenters. The summed E-state index contributed by atoms with van der Waals surface area (Å²) >= 11 is 1.32. The third-order valence-electron chi connectivity index (χ3n) is 5.91. The second-order valence-electron chi connectivity index (χ2n) is 8.35. The van der Waals surface area contributed by atoms with Crippen molar-refractivity contribution >= 4 is 11.3 Å². The highest BCUT2D eigenvalue weighted by molar-refractivity contribution is 7.14. The summed E-state index contributed by atoms with van der Waals surface area (Å²) in [5.41, 5.74) is -2.08. The molecule has 182 valence electrons. The minimum atomic E-state index is -0.736. The number of thiophene rings is 1. The second-order valence-corrected chi connectivity index (χ2v) is 9.62. The quantitative estimate of drug-likeness (QED) is 0.387. The van der Waals surface area contributed by atoms with Gasteiger partial charge in [-0.1, -0.05) is 18.2 Å². The molecule has 0 spiro atoms. The number of nitrogens with zero attached hydrogens (tertiary/aromatic N) is 2. The number of aromatic amines is 1. The van der Waals surface area contributed by atoms with Gasteiger partial charge in [-0.05, 0) is 50.5 Å². The van der Waals surface area contributed by atoms with Crippen LogP contribution in [-0.2, 0) is 9.47 Å². The average molecular weight is 488 g/mol. The zero-order valence-electron chi connectivity index (χ0n) is 19.3. The van der Waals surface area contributed by atoms with Crippen LogP contribution < -0.4 is 21.8 Å². The van der Waals surface area contributed by atoms with E-state index in [9.17, 15) is 14.4 Å². The maximum atomic E-state index is 13.4. The first-order chi connectivity index (χ1) is 16.5. The van der Waals surface area contributed by atoms with Crippen molar-refractivity contribution in [2.75, 3.05) is 20.3 Å². The molecule has 2 aromatic heterocycles. The monoisotopic (exact) mass is 487 g/mol. The van der Waals surface area contributed by atoms with E-state index in [1.54, 1.807) is 13.2 Å². The predicted molar refractivity (Wildman–Crippen MR) is 130 cm³/mol. The van der Waals surface area contributed by atoms with E-state index in [1.807, 2.05) is 43.3 Å². The Kier molecular flexibility index (Phi) is 7.81. The van der Waals surface area contributed by atoms with Crippen molar-refractivity contribution in [1.29, 1.82) is 0 Å². The van der Waals surface area contributed by atoms with E-state index in [4.69, 9.17) is 14.2 Å². The Morgan fingerprint density at radius 2 is 1.76 bits per heavy atom. The molecule has 2 heterocycles. The van der Waals surface area contributed by atoms with Crippen LogP contribution in [0.4, 0.5) is 0 Å². The van der Waals surface area contributed by atoms with E-state index < -0.39 is 23.1 Å². The van der Waals surface area contributed by atoms with Crippen molar-refractivity contribution in [1.82, 2.24) is 14.1 Å². The molecule has 1 aliphatic carbocycles. The number of hydrogen-bond acceptors (Lipinski definition) is 7. The molecule has 1 N–H and O–H groups in total. The fraction of sp³-hybridized carbons (Fsp3) is 0.458. The molecule has 0 aliphatic heterocycles. The first-order valence-corrected chi connectivity index (χ1v) is 12.1. The highest BCUT2D eigenvalue weighted by Gasteiger charge is 2.31. The molecular formula is C24H29N3O6S. The first-order valence-electron chi connectivity index (χ1n) is 11.3. The number of H-pyrrole nitrogens is 1. The minimum Gasteiger partial charge on any atom is -0.490 e. The molecule has 1 aliphatic rings. The molecule has 34 heavy (non-hydrogen) atoms. The lowest BCUT2D eigenvalue weighted by atomic mass is 10.1. The van der Waals surface area contributed by atoms with Crippen molar-refractivity contribution in [3.63, 3.8) is 0 Å². The molecule has 1 aromatic carbocycles. The van der Waals surface area contributed by atoms with Crippen molar-refractivity contribution in [2.24, 2.45) is 0 Å². The number of benzene rings is 1. The van der Waals surface area contributed by atoms with Crippen LogP contribution in [0.25, 0.3) is 5.00 Å². The summed E-state index contributed by atoms with van der Waals surface area (Å²) in [5.74, 6) is 0.762. The van der Waals surface area contributed by atoms with Gasteiger partial charge in [-0.25, -0.2) is 23.5 Å². The summed E-state index contributed by atoms with van der Waals surface area (Å²) in [7, 11) is 1.61. The molecule has 0 bridgehead atoms. The molecule has 0 saturated heterocycles. The third-order valence-corrected chi connectivity index (χ3v) is 6.90. The Morgan fingerprint density at radius 3 is 2.47 bits per heavy atom. The molecule has 4 rings (SSSR count). The van der Waals surface area contributed by atoms with E-state index in [2.05, 4.69) is 4.98 Å². The third kappa shape index (κ3) is 5.57. The minimum absolute atomic E-state index is 0.138. The summed E-state index contributed by atoms with van der Waals surface area (Å²) in [4.78, 5) is 42.0. The Bertz CT molecular complexity index is 1260. The Balaban J connectivity index is 1.65. The maximum absolute atomic E-state index is 13.4. The normalized spacial score (nSPS) is 20.7. The predicted octanol–water partition coefficient (Wildman–Crippen LogP) is 2.65. The van der Waals surface area contributed by atoms with Crippen LogP contribution in [0, 0.1) is 6.92 Å². The number of rotatable bonds is 8. The molecule has 10 heteroatoms. The Labute approximate surface area is 200 Å². The topological polar surface area (TPSA) is 105 Å². The summed E-state index contributed by atoms with van der Waals surface area (Å²) in [6, 6.07) is 12.6. The molecule has 1 fully saturated rings. The SMILES string of the molecule is COCCOC1CC(Oc2ccccc2)CCC(n2c(=O)[nH]c(=O)n(-c3ccc(C)s3)c2=O)C1. The smallest absolute Gasteiger partial charge is 0.341 e. The van der Waals surface area contributed by atoms with Gasteiger partial charge in [0.1, 0.15) is 16.9 Å². The van der Waals surface area contributed by atoms with Gasteiger partial charge in [-0.15, -0.1) is 11.3 Å². The zero-order valence-corrected chi connectivity index (χ0v) is 20.1. The van der Waals surface area contributed by atoms with Crippen molar-refractivity contribution in [3.8, 4) is 10.8 Å². The van der Waals surface area contributed by atoms with Gasteiger partial charge in [0.2, 0.25) is 0 Å². The van der Waals surface area contributed by atoms with Crippen LogP contribution in [0.5, 0.6) is 5.75 Å². The summed E-state index contributed by atoms with van der Waals surface area (Å²) in [5, 5.41) is 0.476. The van der Waals surface area contributed by atoms with Gasteiger partial charge in [0.25, 0.3) is 0 Å². The summed E-state index contributed by atoms with van der Waals surface area (Å²) in [6.45, 7) is 2.73. The van der Waals surface area contributed by atoms with Gasteiger partial charge in [-0.3, -0.25) is 4.98 Å². The summed E-state index contributed by atoms with van der Waals surface area (Å²) in [6.07, 6.45) is 1.85. The summed E-state index contributed by atoms with van der Waals surface area (Å²) < 4.78 is 19.5. The van der Waals surface area contributed by atoms with Crippen LogP contribution in [-0.4, -0.2) is 46.6 Å². The molecule has 3 aromatic rings. The van der Waals surface area contributed by atoms with Gasteiger partial charge in [0.15, 0.2) is 0 Å². The zero-order chi connectivity index (χ0) is 24.1. The standard InChI is InChI=1S/C24H29N3O6S/c1-16-8-11-21(34-16)27-23(29)25-22(28)26(24(27)30)17-9-10-19(33-18-6-4-3-5-7-18)15-20(14-17)32-13-12-31-2/h3-8,11,17,19-20H,9-10,12-15H2,1-2H3,(H,25,28,29). The number of hydrogen-bond donors (Lipinski definition) is 1. The Morgan fingerprint density at radius 1 is 0.971 bits per heavy atom. The average Bonchev–Trinajstić information content (AvgIpc) is 3.12. The number of ether oxygens (including phenoxy) is 3. The van der Waals surface area contributed by atoms with Crippen LogP contribution >= 0.6 is 11.3 Å². The number of aryl methyl sites for hydroxylation is 1. The van der Waals surface area contributed by atoms with Crippen molar-refractivity contribution in [2.45, 2.75) is 50.9 Å². The van der Waals surface area contributed by atoms with Crippen LogP contribution in [0.15, 0.2) is 56.8 Å². The number of nitrogens with one attached hydrogen (secondary N) is 1. The van der Waals surface area contributed by atoms with Gasteiger partial charge in [-0.2, -0.15) is 0 Å². The number of para-hydroxylation sites is 1. The van der Waals surface area contributed by atoms with Gasteiger partial charge in [0.05, 0.1) is 19.3 Å². The molecule has 0 radical (unpaired) electrons. The Hall–Kier alpha value is -2.95. The largest absolute Gasteiger partial charge is 0.490 e. The lowest BCUT2D eigenvalue weighted by Crippen LogP contribution is -2.50. The van der Waals surface area contributed by atoms with Gasteiger partial charge in [0, 0.05) is 24.4 Å². The second kappa shape index (κ2) is 11.0. The molecule has 9 nitrogen and oxygen atoms in total. The fourth-order valence-electron chi connectivity index (χ4n) is 4.32. The van der Waals surface area contributed by atoms with E-state index in [0.717, 1.165) is 19.8 Å². The van der Waals surface area contributed by atoms with Crippen LogP contribution in [0.2, 0.25) is 0 Å². The molecular weight excluding hydrogens is 458 g/mol. The van der Waals surface area contributed by atoms with Gasteiger partial charge >= 0.3 is 17.1 Å². The van der Waals surface area contributed by atoms with E-state index in [-0.39, 0.29) is 12.2 Å². The van der Waals surface area contributed by atoms with Gasteiger partial charge < -0.3 is 14.2 Å². The fourth-order valence-corrected chi connectivity index (χ4v) is 5.18. The van der Waals surface area contributed by atoms with E-state index in [1.165, 1.54) is 11.3 Å². The highest BCUT2D eigenvalue weighted by Crippen LogP contribution is 2.30. The number of methoxy groups -OCH3 is 1. The van der Waals surface area contributed by atoms with Crippen LogP contribution in [0.3, 0.4) is 0 Å². The first kappa shape index (κ1) is 24.2. The lowest BCUT2D eigenvalue weighted by Gasteiger charge is -2.23. The van der Waals surface area contributed by atoms with E-state index in [0.29, 0.717) is 43.9 Å². The molecule has 1 saturated carbocycles. The number of aromatic nitrogens is 3.